The molecule has 1 saturated heterocycles. The van der Waals surface area contributed by atoms with Crippen molar-refractivity contribution < 1.29 is 14.6 Å². The second kappa shape index (κ2) is 7.42. The quantitative estimate of drug-likeness (QED) is 0.884. The highest BCUT2D eigenvalue weighted by atomic mass is 16.6. The Hall–Kier alpha value is -1.10. The zero-order valence-electron chi connectivity index (χ0n) is 16.0. The Morgan fingerprint density at radius 2 is 1.79 bits per heavy atom. The lowest BCUT2D eigenvalue weighted by molar-refractivity contribution is -0.0864. The molecule has 1 aliphatic heterocycles. The molecule has 2 rings (SSSR count). The molecule has 1 fully saturated rings. The molecular weight excluding hydrogens is 302 g/mol. The Morgan fingerprint density at radius 1 is 1.08 bits per heavy atom. The number of phenolic OH excluding ortho intramolecular Hbond substituents is 1. The van der Waals surface area contributed by atoms with Crippen LogP contribution in [0.3, 0.4) is 0 Å². The van der Waals surface area contributed by atoms with Gasteiger partial charge in [0, 0.05) is 18.7 Å². The lowest BCUT2D eigenvalue weighted by atomic mass is 9.78. The third kappa shape index (κ3) is 4.95. The summed E-state index contributed by atoms with van der Waals surface area (Å²) in [6, 6.07) is 4.16. The van der Waals surface area contributed by atoms with E-state index >= 15 is 0 Å². The maximum absolute atomic E-state index is 10.6. The van der Waals surface area contributed by atoms with Gasteiger partial charge in [-0.15, -0.1) is 0 Å². The number of aromatic hydroxyl groups is 1. The van der Waals surface area contributed by atoms with E-state index in [-0.39, 0.29) is 16.9 Å². The highest BCUT2D eigenvalue weighted by Crippen LogP contribution is 2.36. The number of hydrogen-bond acceptors (Lipinski definition) is 4. The molecule has 0 spiro atoms. The summed E-state index contributed by atoms with van der Waals surface area (Å²) < 4.78 is 11.1. The summed E-state index contributed by atoms with van der Waals surface area (Å²) in [5.41, 5.74) is 3.32. The maximum atomic E-state index is 10.6. The van der Waals surface area contributed by atoms with E-state index in [1.165, 1.54) is 5.56 Å². The average molecular weight is 335 g/mol. The summed E-state index contributed by atoms with van der Waals surface area (Å²) in [7, 11) is 0. The van der Waals surface area contributed by atoms with E-state index in [0.29, 0.717) is 32.1 Å². The summed E-state index contributed by atoms with van der Waals surface area (Å²) in [5.74, 6) is 0.376. The van der Waals surface area contributed by atoms with E-state index in [9.17, 15) is 5.11 Å². The lowest BCUT2D eigenvalue weighted by Gasteiger charge is -2.29. The molecule has 1 aromatic rings. The summed E-state index contributed by atoms with van der Waals surface area (Å²) in [4.78, 5) is 0. The lowest BCUT2D eigenvalue weighted by Crippen LogP contribution is -2.37. The molecule has 24 heavy (non-hydrogen) atoms. The Balaban J connectivity index is 2.18. The number of rotatable bonds is 4. The number of benzene rings is 1. The van der Waals surface area contributed by atoms with Crippen molar-refractivity contribution in [2.24, 2.45) is 0 Å². The van der Waals surface area contributed by atoms with E-state index in [4.69, 9.17) is 9.47 Å². The minimum Gasteiger partial charge on any atom is -0.508 e. The molecule has 2 N–H and O–H groups in total. The van der Waals surface area contributed by atoms with Gasteiger partial charge in [0.2, 0.25) is 0 Å². The normalized spacial score (nSPS) is 19.5. The third-order valence-corrected chi connectivity index (χ3v) is 4.46. The second-order valence-electron chi connectivity index (χ2n) is 8.72. The first-order chi connectivity index (χ1) is 11.1. The number of nitrogens with one attached hydrogen (secondary N) is 1. The minimum atomic E-state index is -0.0276. The van der Waals surface area contributed by atoms with E-state index in [1.54, 1.807) is 0 Å². The van der Waals surface area contributed by atoms with Crippen LogP contribution in [0.4, 0.5) is 0 Å². The van der Waals surface area contributed by atoms with Gasteiger partial charge in [-0.25, -0.2) is 0 Å². The Morgan fingerprint density at radius 3 is 2.33 bits per heavy atom. The second-order valence-corrected chi connectivity index (χ2v) is 8.72. The summed E-state index contributed by atoms with van der Waals surface area (Å²) in [6.07, 6.45) is 0.0906. The van der Waals surface area contributed by atoms with E-state index in [2.05, 4.69) is 52.9 Å². The molecule has 0 bridgehead atoms. The first kappa shape index (κ1) is 19.2. The van der Waals surface area contributed by atoms with E-state index in [0.717, 1.165) is 17.7 Å². The zero-order chi connectivity index (χ0) is 18.0. The van der Waals surface area contributed by atoms with Gasteiger partial charge in [-0.2, -0.15) is 0 Å². The van der Waals surface area contributed by atoms with Gasteiger partial charge in [0.25, 0.3) is 0 Å². The van der Waals surface area contributed by atoms with Gasteiger partial charge in [-0.05, 0) is 28.0 Å². The molecule has 136 valence electrons. The van der Waals surface area contributed by atoms with Crippen LogP contribution in [-0.2, 0) is 26.8 Å². The molecule has 4 nitrogen and oxygen atoms in total. The fraction of sp³-hybridized carbons (Fsp3) is 0.700. The van der Waals surface area contributed by atoms with Crippen LogP contribution in [0.15, 0.2) is 12.1 Å². The first-order valence-electron chi connectivity index (χ1n) is 8.86. The smallest absolute Gasteiger partial charge is 0.120 e. The van der Waals surface area contributed by atoms with Crippen LogP contribution in [0, 0.1) is 0 Å². The van der Waals surface area contributed by atoms with Crippen molar-refractivity contribution in [2.45, 2.75) is 65.0 Å². The van der Waals surface area contributed by atoms with Crippen molar-refractivity contribution in [3.63, 3.8) is 0 Å². The van der Waals surface area contributed by atoms with Crippen LogP contribution in [0.1, 0.15) is 58.2 Å². The van der Waals surface area contributed by atoms with Gasteiger partial charge in [0.05, 0.1) is 25.9 Å². The SMILES string of the molecule is CC(C)(C)c1cc(O)c(CNCC2COCCO2)c(C(C)(C)C)c1. The molecule has 0 aliphatic carbocycles. The molecule has 1 heterocycles. The highest BCUT2D eigenvalue weighted by Gasteiger charge is 2.25. The number of hydrogen-bond donors (Lipinski definition) is 2. The monoisotopic (exact) mass is 335 g/mol. The van der Waals surface area contributed by atoms with Crippen LogP contribution >= 0.6 is 0 Å². The molecular formula is C20H33NO3. The van der Waals surface area contributed by atoms with Gasteiger partial charge in [-0.3, -0.25) is 0 Å². The van der Waals surface area contributed by atoms with Crippen LogP contribution in [-0.4, -0.2) is 37.6 Å². The van der Waals surface area contributed by atoms with E-state index < -0.39 is 0 Å². The van der Waals surface area contributed by atoms with Gasteiger partial charge in [0.15, 0.2) is 0 Å². The Bertz CT molecular complexity index is 549. The van der Waals surface area contributed by atoms with Crippen LogP contribution in [0.2, 0.25) is 0 Å². The third-order valence-electron chi connectivity index (χ3n) is 4.46. The molecule has 0 aromatic heterocycles. The van der Waals surface area contributed by atoms with Gasteiger partial charge in [-0.1, -0.05) is 47.6 Å². The van der Waals surface area contributed by atoms with Crippen molar-refractivity contribution in [2.75, 3.05) is 26.4 Å². The standard InChI is InChI=1S/C20H33NO3/c1-19(2,3)14-9-17(20(4,5)6)16(18(22)10-14)12-21-11-15-13-23-7-8-24-15/h9-10,15,21-22H,7-8,11-13H2,1-6H3. The van der Waals surface area contributed by atoms with Crippen molar-refractivity contribution in [1.82, 2.24) is 5.32 Å². The fourth-order valence-corrected chi connectivity index (χ4v) is 2.96. The predicted octanol–water partition coefficient (Wildman–Crippen LogP) is 3.49. The van der Waals surface area contributed by atoms with Crippen molar-refractivity contribution >= 4 is 0 Å². The number of ether oxygens (including phenoxy) is 2. The molecule has 1 aliphatic rings. The Labute approximate surface area is 146 Å². The van der Waals surface area contributed by atoms with Crippen molar-refractivity contribution in [3.8, 4) is 5.75 Å². The van der Waals surface area contributed by atoms with Crippen molar-refractivity contribution in [1.29, 1.82) is 0 Å². The van der Waals surface area contributed by atoms with Gasteiger partial charge < -0.3 is 19.9 Å². The summed E-state index contributed by atoms with van der Waals surface area (Å²) in [6.45, 7) is 16.4. The first-order valence-corrected chi connectivity index (χ1v) is 8.86. The van der Waals surface area contributed by atoms with Crippen LogP contribution in [0.5, 0.6) is 5.75 Å². The summed E-state index contributed by atoms with van der Waals surface area (Å²) in [5, 5.41) is 14.1. The highest BCUT2D eigenvalue weighted by molar-refractivity contribution is 5.47. The molecule has 1 aromatic carbocycles. The summed E-state index contributed by atoms with van der Waals surface area (Å²) >= 11 is 0. The molecule has 0 amide bonds. The topological polar surface area (TPSA) is 50.7 Å². The molecule has 1 atom stereocenters. The van der Waals surface area contributed by atoms with E-state index in [1.807, 2.05) is 6.07 Å². The largest absolute Gasteiger partial charge is 0.508 e. The van der Waals surface area contributed by atoms with Gasteiger partial charge in [0.1, 0.15) is 5.75 Å². The van der Waals surface area contributed by atoms with Crippen molar-refractivity contribution in [3.05, 3.63) is 28.8 Å². The van der Waals surface area contributed by atoms with Crippen LogP contribution < -0.4 is 5.32 Å². The predicted molar refractivity (Wildman–Crippen MR) is 97.8 cm³/mol. The minimum absolute atomic E-state index is 0.0106. The number of phenols is 1. The molecule has 0 saturated carbocycles. The average Bonchev–Trinajstić information content (AvgIpc) is 2.47. The zero-order valence-corrected chi connectivity index (χ0v) is 16.0. The molecule has 4 heteroatoms. The molecule has 1 unspecified atom stereocenters. The fourth-order valence-electron chi connectivity index (χ4n) is 2.96. The van der Waals surface area contributed by atoms with Gasteiger partial charge >= 0.3 is 0 Å². The maximum Gasteiger partial charge on any atom is 0.120 e. The Kier molecular flexibility index (Phi) is 5.95. The molecule has 0 radical (unpaired) electrons. The van der Waals surface area contributed by atoms with Crippen LogP contribution in [0.25, 0.3) is 0 Å².